The summed E-state index contributed by atoms with van der Waals surface area (Å²) in [5.41, 5.74) is 1.11. The van der Waals surface area contributed by atoms with Crippen molar-refractivity contribution in [3.63, 3.8) is 0 Å². The van der Waals surface area contributed by atoms with Crippen LogP contribution in [0.5, 0.6) is 5.75 Å². The van der Waals surface area contributed by atoms with Gasteiger partial charge in [0.05, 0.1) is 6.04 Å². The van der Waals surface area contributed by atoms with Crippen LogP contribution in [0.2, 0.25) is 0 Å². The summed E-state index contributed by atoms with van der Waals surface area (Å²) in [7, 11) is 0. The van der Waals surface area contributed by atoms with Crippen molar-refractivity contribution in [2.24, 2.45) is 5.92 Å². The molecule has 0 fully saturated rings. The van der Waals surface area contributed by atoms with E-state index in [4.69, 9.17) is 4.74 Å². The Morgan fingerprint density at radius 1 is 1.09 bits per heavy atom. The normalized spacial score (nSPS) is 12.0. The lowest BCUT2D eigenvalue weighted by Gasteiger charge is -2.23. The minimum absolute atomic E-state index is 0.0116. The number of hydrogen-bond donors (Lipinski definition) is 1. The molecule has 1 unspecified atom stereocenters. The Hall–Kier alpha value is -1.81. The molecule has 0 saturated carbocycles. The van der Waals surface area contributed by atoms with Crippen LogP contribution in [0.3, 0.4) is 0 Å². The fraction of sp³-hybridized carbons (Fsp3) is 0.278. The smallest absolute Gasteiger partial charge is 0.258 e. The summed E-state index contributed by atoms with van der Waals surface area (Å²) in [6, 6.07) is 17.4. The molecule has 3 nitrogen and oxygen atoms in total. The van der Waals surface area contributed by atoms with E-state index in [0.29, 0.717) is 11.7 Å². The molecule has 0 heterocycles. The van der Waals surface area contributed by atoms with E-state index < -0.39 is 0 Å². The fourth-order valence-corrected chi connectivity index (χ4v) is 2.45. The van der Waals surface area contributed by atoms with Crippen molar-refractivity contribution >= 4 is 21.8 Å². The highest BCUT2D eigenvalue weighted by molar-refractivity contribution is 9.10. The Bertz CT molecular complexity index is 596. The predicted octanol–water partition coefficient (Wildman–Crippen LogP) is 4.34. The third-order valence-corrected chi connectivity index (χ3v) is 3.85. The third kappa shape index (κ3) is 4.88. The molecule has 4 heteroatoms. The van der Waals surface area contributed by atoms with Crippen LogP contribution in [-0.2, 0) is 4.79 Å². The zero-order valence-corrected chi connectivity index (χ0v) is 14.3. The number of hydrogen-bond acceptors (Lipinski definition) is 2. The summed E-state index contributed by atoms with van der Waals surface area (Å²) in [5.74, 6) is 0.865. The first-order valence-electron chi connectivity index (χ1n) is 7.29. The van der Waals surface area contributed by atoms with E-state index >= 15 is 0 Å². The van der Waals surface area contributed by atoms with Gasteiger partial charge in [0.2, 0.25) is 0 Å². The minimum atomic E-state index is -0.120. The summed E-state index contributed by atoms with van der Waals surface area (Å²) in [6.45, 7) is 4.19. The van der Waals surface area contributed by atoms with Gasteiger partial charge in [0.15, 0.2) is 6.61 Å². The molecule has 116 valence electrons. The summed E-state index contributed by atoms with van der Waals surface area (Å²) in [6.07, 6.45) is 0. The van der Waals surface area contributed by atoms with E-state index in [1.165, 1.54) is 0 Å². The maximum Gasteiger partial charge on any atom is 0.258 e. The monoisotopic (exact) mass is 361 g/mol. The second-order valence-corrected chi connectivity index (χ2v) is 6.36. The second kappa shape index (κ2) is 7.99. The maximum atomic E-state index is 12.1. The van der Waals surface area contributed by atoms with E-state index in [2.05, 4.69) is 35.1 Å². The van der Waals surface area contributed by atoms with Gasteiger partial charge < -0.3 is 10.1 Å². The number of nitrogens with one attached hydrogen (secondary N) is 1. The van der Waals surface area contributed by atoms with Gasteiger partial charge in [-0.1, -0.05) is 60.1 Å². The van der Waals surface area contributed by atoms with Crippen molar-refractivity contribution in [1.82, 2.24) is 5.32 Å². The molecule has 2 aromatic rings. The summed E-state index contributed by atoms with van der Waals surface area (Å²) in [4.78, 5) is 12.1. The summed E-state index contributed by atoms with van der Waals surface area (Å²) in [5, 5.41) is 3.04. The van der Waals surface area contributed by atoms with Gasteiger partial charge in [-0.2, -0.15) is 0 Å². The van der Waals surface area contributed by atoms with Gasteiger partial charge in [-0.25, -0.2) is 0 Å². The molecule has 1 amide bonds. The third-order valence-electron chi connectivity index (χ3n) is 3.33. The van der Waals surface area contributed by atoms with E-state index in [9.17, 15) is 4.79 Å². The number of carbonyl (C=O) groups excluding carboxylic acids is 1. The van der Waals surface area contributed by atoms with Crippen LogP contribution in [0.25, 0.3) is 0 Å². The van der Waals surface area contributed by atoms with E-state index in [1.807, 2.05) is 54.6 Å². The van der Waals surface area contributed by atoms with Crippen LogP contribution in [0.4, 0.5) is 0 Å². The maximum absolute atomic E-state index is 12.1. The zero-order valence-electron chi connectivity index (χ0n) is 12.8. The average Bonchev–Trinajstić information content (AvgIpc) is 2.52. The average molecular weight is 362 g/mol. The molecule has 0 aliphatic heterocycles. The molecular formula is C18H20BrNO2. The quantitative estimate of drug-likeness (QED) is 0.830. The molecule has 0 aliphatic carbocycles. The SMILES string of the molecule is CC(C)C(NC(=O)COc1ccc(Br)cc1)c1ccccc1. The fourth-order valence-electron chi connectivity index (χ4n) is 2.19. The van der Waals surface area contributed by atoms with Crippen LogP contribution in [-0.4, -0.2) is 12.5 Å². The molecule has 2 aromatic carbocycles. The van der Waals surface area contributed by atoms with Crippen molar-refractivity contribution in [2.75, 3.05) is 6.61 Å². The van der Waals surface area contributed by atoms with Gasteiger partial charge in [0, 0.05) is 4.47 Å². The predicted molar refractivity (Wildman–Crippen MR) is 91.8 cm³/mol. The molecule has 0 saturated heterocycles. The lowest BCUT2D eigenvalue weighted by Crippen LogP contribution is -2.35. The first kappa shape index (κ1) is 16.6. The molecule has 22 heavy (non-hydrogen) atoms. The van der Waals surface area contributed by atoms with Crippen molar-refractivity contribution < 1.29 is 9.53 Å². The Morgan fingerprint density at radius 2 is 1.73 bits per heavy atom. The Labute approximate surface area is 139 Å². The Kier molecular flexibility index (Phi) is 6.01. The van der Waals surface area contributed by atoms with Gasteiger partial charge in [0.1, 0.15) is 5.75 Å². The van der Waals surface area contributed by atoms with Gasteiger partial charge >= 0.3 is 0 Å². The van der Waals surface area contributed by atoms with Crippen LogP contribution in [0, 0.1) is 5.92 Å². The van der Waals surface area contributed by atoms with Crippen molar-refractivity contribution in [3.8, 4) is 5.75 Å². The number of ether oxygens (including phenoxy) is 1. The van der Waals surface area contributed by atoms with Crippen LogP contribution < -0.4 is 10.1 Å². The van der Waals surface area contributed by atoms with Crippen LogP contribution in [0.15, 0.2) is 59.1 Å². The molecule has 1 N–H and O–H groups in total. The Morgan fingerprint density at radius 3 is 2.32 bits per heavy atom. The minimum Gasteiger partial charge on any atom is -0.484 e. The molecular weight excluding hydrogens is 342 g/mol. The largest absolute Gasteiger partial charge is 0.484 e. The molecule has 0 aromatic heterocycles. The molecule has 0 radical (unpaired) electrons. The lowest BCUT2D eigenvalue weighted by atomic mass is 9.96. The topological polar surface area (TPSA) is 38.3 Å². The first-order chi connectivity index (χ1) is 10.6. The molecule has 0 spiro atoms. The van der Waals surface area contributed by atoms with Crippen molar-refractivity contribution in [2.45, 2.75) is 19.9 Å². The first-order valence-corrected chi connectivity index (χ1v) is 8.08. The van der Waals surface area contributed by atoms with Gasteiger partial charge in [-0.3, -0.25) is 4.79 Å². The molecule has 2 rings (SSSR count). The molecule has 0 bridgehead atoms. The summed E-state index contributed by atoms with van der Waals surface area (Å²) < 4.78 is 6.49. The van der Waals surface area contributed by atoms with Crippen LogP contribution in [0.1, 0.15) is 25.5 Å². The van der Waals surface area contributed by atoms with Gasteiger partial charge in [-0.15, -0.1) is 0 Å². The second-order valence-electron chi connectivity index (χ2n) is 5.44. The molecule has 0 aliphatic rings. The number of halogens is 1. The van der Waals surface area contributed by atoms with Gasteiger partial charge in [0.25, 0.3) is 5.91 Å². The Balaban J connectivity index is 1.93. The zero-order chi connectivity index (χ0) is 15.9. The highest BCUT2D eigenvalue weighted by Crippen LogP contribution is 2.21. The highest BCUT2D eigenvalue weighted by atomic mass is 79.9. The van der Waals surface area contributed by atoms with E-state index in [1.54, 1.807) is 0 Å². The number of carbonyl (C=O) groups is 1. The molecule has 1 atom stereocenters. The number of rotatable bonds is 6. The number of benzene rings is 2. The van der Waals surface area contributed by atoms with E-state index in [0.717, 1.165) is 10.0 Å². The lowest BCUT2D eigenvalue weighted by molar-refractivity contribution is -0.124. The standard InChI is InChI=1S/C18H20BrNO2/c1-13(2)18(14-6-4-3-5-7-14)20-17(21)12-22-16-10-8-15(19)9-11-16/h3-11,13,18H,12H2,1-2H3,(H,20,21). The van der Waals surface area contributed by atoms with Crippen molar-refractivity contribution in [3.05, 3.63) is 64.6 Å². The number of amides is 1. The van der Waals surface area contributed by atoms with E-state index in [-0.39, 0.29) is 18.6 Å². The highest BCUT2D eigenvalue weighted by Gasteiger charge is 2.18. The van der Waals surface area contributed by atoms with Gasteiger partial charge in [-0.05, 0) is 35.7 Å². The van der Waals surface area contributed by atoms with Crippen LogP contribution >= 0.6 is 15.9 Å². The van der Waals surface area contributed by atoms with Crippen molar-refractivity contribution in [1.29, 1.82) is 0 Å². The summed E-state index contributed by atoms with van der Waals surface area (Å²) >= 11 is 3.37.